The van der Waals surface area contributed by atoms with E-state index in [1.807, 2.05) is 26.0 Å². The number of ether oxygens (including phenoxy) is 2. The molecule has 1 aromatic carbocycles. The van der Waals surface area contributed by atoms with E-state index in [4.69, 9.17) is 9.47 Å². The molecule has 0 aliphatic rings. The molecule has 0 unspecified atom stereocenters. The van der Waals surface area contributed by atoms with Gasteiger partial charge < -0.3 is 19.4 Å². The average Bonchev–Trinajstić information content (AvgIpc) is 2.91. The molecule has 0 aliphatic carbocycles. The van der Waals surface area contributed by atoms with Crippen LogP contribution in [0.2, 0.25) is 0 Å². The number of rotatable bonds is 7. The second-order valence-corrected chi connectivity index (χ2v) is 6.60. The molecule has 1 amide bonds. The van der Waals surface area contributed by atoms with Crippen LogP contribution in [0.5, 0.6) is 0 Å². The van der Waals surface area contributed by atoms with Crippen molar-refractivity contribution in [1.29, 1.82) is 0 Å². The Morgan fingerprint density at radius 2 is 1.71 bits per heavy atom. The predicted octanol–water partition coefficient (Wildman–Crippen LogP) is 3.08. The lowest BCUT2D eigenvalue weighted by molar-refractivity contribution is -0.147. The number of anilines is 1. The number of amides is 1. The van der Waals surface area contributed by atoms with Gasteiger partial charge >= 0.3 is 11.9 Å². The minimum absolute atomic E-state index is 0.0893. The number of benzene rings is 1. The van der Waals surface area contributed by atoms with E-state index in [-0.39, 0.29) is 19.8 Å². The summed E-state index contributed by atoms with van der Waals surface area (Å²) in [6.07, 6.45) is 0. The number of carbonyl (C=O) groups excluding carboxylic acids is 3. The summed E-state index contributed by atoms with van der Waals surface area (Å²) in [7, 11) is 0. The molecule has 2 rings (SSSR count). The molecule has 0 saturated carbocycles. The molecule has 0 aliphatic heterocycles. The first kappa shape index (κ1) is 21.2. The third-order valence-corrected chi connectivity index (χ3v) is 4.51. The van der Waals surface area contributed by atoms with Crippen molar-refractivity contribution in [2.24, 2.45) is 0 Å². The molecule has 0 saturated heterocycles. The van der Waals surface area contributed by atoms with Crippen LogP contribution in [0.4, 0.5) is 5.69 Å². The minimum Gasteiger partial charge on any atom is -0.462 e. The Labute approximate surface area is 164 Å². The Morgan fingerprint density at radius 1 is 1.00 bits per heavy atom. The van der Waals surface area contributed by atoms with Crippen LogP contribution < -0.4 is 5.32 Å². The van der Waals surface area contributed by atoms with Crippen molar-refractivity contribution in [3.05, 3.63) is 52.3 Å². The predicted molar refractivity (Wildman–Crippen MR) is 105 cm³/mol. The van der Waals surface area contributed by atoms with E-state index in [0.717, 1.165) is 16.8 Å². The molecule has 0 fully saturated rings. The largest absolute Gasteiger partial charge is 0.462 e. The average molecular weight is 386 g/mol. The summed E-state index contributed by atoms with van der Waals surface area (Å²) in [5.74, 6) is -1.40. The maximum Gasteiger partial charge on any atom is 0.339 e. The number of hydrogen-bond donors (Lipinski definition) is 1. The maximum absolute atomic E-state index is 12.1. The fourth-order valence-electron chi connectivity index (χ4n) is 2.80. The van der Waals surface area contributed by atoms with Gasteiger partial charge in [0.2, 0.25) is 0 Å². The monoisotopic (exact) mass is 386 g/mol. The van der Waals surface area contributed by atoms with Gasteiger partial charge in [0.05, 0.1) is 12.2 Å². The molecular formula is C21H26N2O5. The number of nitrogens with zero attached hydrogens (tertiary/aromatic N) is 1. The van der Waals surface area contributed by atoms with Crippen molar-refractivity contribution in [2.75, 3.05) is 18.5 Å². The van der Waals surface area contributed by atoms with Crippen LogP contribution in [0.3, 0.4) is 0 Å². The van der Waals surface area contributed by atoms with Crippen molar-refractivity contribution >= 4 is 23.5 Å². The SMILES string of the molecule is CCOC(=O)c1cc(C)n(CC(=O)OCC(=O)Nc2ccc(C)c(C)c2)c1C. The van der Waals surface area contributed by atoms with Gasteiger partial charge in [-0.2, -0.15) is 0 Å². The van der Waals surface area contributed by atoms with Gasteiger partial charge in [-0.3, -0.25) is 9.59 Å². The summed E-state index contributed by atoms with van der Waals surface area (Å²) >= 11 is 0. The van der Waals surface area contributed by atoms with Gasteiger partial charge in [-0.25, -0.2) is 4.79 Å². The van der Waals surface area contributed by atoms with E-state index in [1.165, 1.54) is 0 Å². The topological polar surface area (TPSA) is 86.6 Å². The van der Waals surface area contributed by atoms with E-state index in [0.29, 0.717) is 16.9 Å². The van der Waals surface area contributed by atoms with Crippen molar-refractivity contribution in [3.63, 3.8) is 0 Å². The lowest BCUT2D eigenvalue weighted by Gasteiger charge is -2.11. The molecular weight excluding hydrogens is 360 g/mol. The van der Waals surface area contributed by atoms with Gasteiger partial charge in [0, 0.05) is 17.1 Å². The van der Waals surface area contributed by atoms with Crippen LogP contribution in [0.1, 0.15) is 39.8 Å². The normalized spacial score (nSPS) is 10.5. The van der Waals surface area contributed by atoms with Crippen molar-refractivity contribution in [3.8, 4) is 0 Å². The van der Waals surface area contributed by atoms with Crippen LogP contribution in [0.15, 0.2) is 24.3 Å². The third kappa shape index (κ3) is 5.22. The van der Waals surface area contributed by atoms with Crippen molar-refractivity contribution in [1.82, 2.24) is 4.57 Å². The minimum atomic E-state index is -0.563. The number of esters is 2. The molecule has 7 heteroatoms. The summed E-state index contributed by atoms with van der Waals surface area (Å²) < 4.78 is 11.7. The summed E-state index contributed by atoms with van der Waals surface area (Å²) in [6, 6.07) is 7.24. The van der Waals surface area contributed by atoms with E-state index in [9.17, 15) is 14.4 Å². The Bertz CT molecular complexity index is 898. The first-order valence-electron chi connectivity index (χ1n) is 9.09. The number of carbonyl (C=O) groups is 3. The van der Waals surface area contributed by atoms with Crippen LogP contribution in [0, 0.1) is 27.7 Å². The van der Waals surface area contributed by atoms with Crippen molar-refractivity contribution in [2.45, 2.75) is 41.2 Å². The number of nitrogens with one attached hydrogen (secondary N) is 1. The molecule has 0 bridgehead atoms. The zero-order valence-corrected chi connectivity index (χ0v) is 16.9. The van der Waals surface area contributed by atoms with Gasteiger partial charge in [0.25, 0.3) is 5.91 Å². The lowest BCUT2D eigenvalue weighted by atomic mass is 10.1. The third-order valence-electron chi connectivity index (χ3n) is 4.51. The summed E-state index contributed by atoms with van der Waals surface area (Å²) in [5, 5.41) is 2.70. The van der Waals surface area contributed by atoms with Crippen molar-refractivity contribution < 1.29 is 23.9 Å². The van der Waals surface area contributed by atoms with Gasteiger partial charge in [-0.05, 0) is 63.9 Å². The Hall–Kier alpha value is -3.09. The van der Waals surface area contributed by atoms with Gasteiger partial charge in [-0.1, -0.05) is 6.07 Å². The second kappa shape index (κ2) is 9.21. The molecule has 1 aromatic heterocycles. The highest BCUT2D eigenvalue weighted by Crippen LogP contribution is 2.17. The van der Waals surface area contributed by atoms with Crippen LogP contribution in [-0.4, -0.2) is 35.6 Å². The summed E-state index contributed by atoms with van der Waals surface area (Å²) in [4.78, 5) is 36.1. The fourth-order valence-corrected chi connectivity index (χ4v) is 2.80. The highest BCUT2D eigenvalue weighted by Gasteiger charge is 2.19. The fraction of sp³-hybridized carbons (Fsp3) is 0.381. The van der Waals surface area contributed by atoms with Gasteiger partial charge in [0.15, 0.2) is 6.61 Å². The molecule has 1 N–H and O–H groups in total. The smallest absolute Gasteiger partial charge is 0.339 e. The first-order chi connectivity index (χ1) is 13.2. The number of aromatic nitrogens is 1. The van der Waals surface area contributed by atoms with Gasteiger partial charge in [0.1, 0.15) is 6.54 Å². The zero-order valence-electron chi connectivity index (χ0n) is 16.9. The number of hydrogen-bond acceptors (Lipinski definition) is 5. The van der Waals surface area contributed by atoms with E-state index in [1.54, 1.807) is 37.5 Å². The molecule has 0 spiro atoms. The Morgan fingerprint density at radius 3 is 2.36 bits per heavy atom. The molecule has 0 radical (unpaired) electrons. The zero-order chi connectivity index (χ0) is 20.8. The van der Waals surface area contributed by atoms with Crippen LogP contribution in [0.25, 0.3) is 0 Å². The highest BCUT2D eigenvalue weighted by atomic mass is 16.5. The van der Waals surface area contributed by atoms with E-state index < -0.39 is 17.8 Å². The Kier molecular flexibility index (Phi) is 6.98. The van der Waals surface area contributed by atoms with E-state index in [2.05, 4.69) is 5.32 Å². The van der Waals surface area contributed by atoms with Gasteiger partial charge in [-0.15, -0.1) is 0 Å². The molecule has 1 heterocycles. The highest BCUT2D eigenvalue weighted by molar-refractivity contribution is 5.93. The quantitative estimate of drug-likeness (QED) is 0.739. The summed E-state index contributed by atoms with van der Waals surface area (Å²) in [5.41, 5.74) is 4.61. The standard InChI is InChI=1S/C21H26N2O5/c1-6-27-21(26)18-10-15(4)23(16(18)5)11-20(25)28-12-19(24)22-17-8-7-13(2)14(3)9-17/h7-10H,6,11-12H2,1-5H3,(H,22,24). The molecule has 0 atom stereocenters. The Balaban J connectivity index is 1.92. The molecule has 150 valence electrons. The molecule has 28 heavy (non-hydrogen) atoms. The molecule has 2 aromatic rings. The molecule has 7 nitrogen and oxygen atoms in total. The van der Waals surface area contributed by atoms with Crippen LogP contribution >= 0.6 is 0 Å². The van der Waals surface area contributed by atoms with E-state index >= 15 is 0 Å². The van der Waals surface area contributed by atoms with Crippen LogP contribution in [-0.2, 0) is 25.6 Å². The second-order valence-electron chi connectivity index (χ2n) is 6.60. The first-order valence-corrected chi connectivity index (χ1v) is 9.09. The number of aryl methyl sites for hydroxylation is 3. The summed E-state index contributed by atoms with van der Waals surface area (Å²) in [6.45, 7) is 9.01. The maximum atomic E-state index is 12.1. The lowest BCUT2D eigenvalue weighted by Crippen LogP contribution is -2.23.